The van der Waals surface area contributed by atoms with Crippen LogP contribution in [0.2, 0.25) is 0 Å². The molecule has 0 spiro atoms. The van der Waals surface area contributed by atoms with Gasteiger partial charge >= 0.3 is 0 Å². The lowest BCUT2D eigenvalue weighted by Gasteiger charge is -2.18. The number of aromatic nitrogens is 1. The number of benzene rings is 2. The van der Waals surface area contributed by atoms with Crippen LogP contribution in [0, 0.1) is 11.3 Å². The zero-order valence-electron chi connectivity index (χ0n) is 16.7. The Hall–Kier alpha value is -2.97. The van der Waals surface area contributed by atoms with Crippen LogP contribution in [0.3, 0.4) is 0 Å². The molecule has 2 aromatic carbocycles. The molecule has 0 saturated heterocycles. The van der Waals surface area contributed by atoms with Gasteiger partial charge in [0.15, 0.2) is 5.96 Å². The molecule has 5 N–H and O–H groups in total. The summed E-state index contributed by atoms with van der Waals surface area (Å²) >= 11 is 0. The lowest BCUT2D eigenvalue weighted by molar-refractivity contribution is 0.456. The maximum absolute atomic E-state index is 12.8. The Bertz CT molecular complexity index is 1080. The Morgan fingerprint density at radius 2 is 1.90 bits per heavy atom. The van der Waals surface area contributed by atoms with Crippen LogP contribution in [-0.4, -0.2) is 32.5 Å². The smallest absolute Gasteiger partial charge is 0.241 e. The van der Waals surface area contributed by atoms with Crippen molar-refractivity contribution >= 4 is 26.8 Å². The molecule has 0 aliphatic carbocycles. The van der Waals surface area contributed by atoms with E-state index >= 15 is 0 Å². The third-order valence-electron chi connectivity index (χ3n) is 4.96. The van der Waals surface area contributed by atoms with E-state index in [9.17, 15) is 8.42 Å². The first-order chi connectivity index (χ1) is 14.5. The van der Waals surface area contributed by atoms with Gasteiger partial charge in [-0.3, -0.25) is 10.4 Å². The topological polar surface area (TPSA) is 121 Å². The van der Waals surface area contributed by atoms with Crippen LogP contribution in [0.5, 0.6) is 0 Å². The zero-order chi connectivity index (χ0) is 21.4. The fraction of sp³-hybridized carbons (Fsp3) is 0.273. The van der Waals surface area contributed by atoms with Gasteiger partial charge in [-0.25, -0.2) is 13.1 Å². The summed E-state index contributed by atoms with van der Waals surface area (Å²) < 4.78 is 28.3. The molecule has 3 rings (SSSR count). The number of rotatable bonds is 10. The van der Waals surface area contributed by atoms with Gasteiger partial charge in [0.05, 0.1) is 4.90 Å². The molecular weight excluding hydrogens is 398 g/mol. The molecule has 0 aliphatic rings. The van der Waals surface area contributed by atoms with Crippen LogP contribution in [0.15, 0.2) is 71.9 Å². The molecule has 30 heavy (non-hydrogen) atoms. The number of nitrogens with two attached hydrogens (primary N) is 1. The third-order valence-corrected chi connectivity index (χ3v) is 6.48. The van der Waals surface area contributed by atoms with E-state index in [0.717, 1.165) is 18.2 Å². The lowest BCUT2D eigenvalue weighted by atomic mass is 9.94. The predicted molar refractivity (Wildman–Crippen MR) is 120 cm³/mol. The van der Waals surface area contributed by atoms with E-state index in [4.69, 9.17) is 11.1 Å². The van der Waals surface area contributed by atoms with Gasteiger partial charge in [-0.15, -0.1) is 0 Å². The van der Waals surface area contributed by atoms with E-state index < -0.39 is 10.0 Å². The number of nitrogens with one attached hydrogen (secondary N) is 3. The summed E-state index contributed by atoms with van der Waals surface area (Å²) in [7, 11) is -3.62. The van der Waals surface area contributed by atoms with Gasteiger partial charge in [0.2, 0.25) is 10.0 Å². The molecule has 1 atom stereocenters. The molecule has 0 amide bonds. The highest BCUT2D eigenvalue weighted by molar-refractivity contribution is 7.89. The largest absolute Gasteiger partial charge is 0.370 e. The van der Waals surface area contributed by atoms with Gasteiger partial charge in [0, 0.05) is 36.3 Å². The number of pyridine rings is 1. The van der Waals surface area contributed by atoms with E-state index in [0.29, 0.717) is 24.9 Å². The molecule has 0 saturated carbocycles. The lowest BCUT2D eigenvalue weighted by Crippen LogP contribution is -2.35. The minimum atomic E-state index is -3.62. The Labute approximate surface area is 177 Å². The summed E-state index contributed by atoms with van der Waals surface area (Å²) in [6.07, 6.45) is 5.58. The SMILES string of the molecule is N=C(N)NCC(CCCNS(=O)(=O)c1cccc2cnccc12)Cc1ccccc1. The summed E-state index contributed by atoms with van der Waals surface area (Å²) in [6.45, 7) is 0.919. The maximum atomic E-state index is 12.8. The molecule has 0 bridgehead atoms. The van der Waals surface area contributed by atoms with Gasteiger partial charge < -0.3 is 11.1 Å². The van der Waals surface area contributed by atoms with Crippen LogP contribution >= 0.6 is 0 Å². The molecule has 8 heteroatoms. The van der Waals surface area contributed by atoms with Crippen LogP contribution in [-0.2, 0) is 16.4 Å². The summed E-state index contributed by atoms with van der Waals surface area (Å²) in [5.74, 6) is 0.184. The second-order valence-corrected chi connectivity index (χ2v) is 8.98. The van der Waals surface area contributed by atoms with Crippen LogP contribution in [0.25, 0.3) is 10.8 Å². The number of nitrogens with zero attached hydrogens (tertiary/aromatic N) is 1. The Morgan fingerprint density at radius 1 is 1.10 bits per heavy atom. The van der Waals surface area contributed by atoms with Crippen molar-refractivity contribution in [3.63, 3.8) is 0 Å². The van der Waals surface area contributed by atoms with Crippen molar-refractivity contribution in [3.05, 3.63) is 72.6 Å². The van der Waals surface area contributed by atoms with Gasteiger partial charge in [0.1, 0.15) is 0 Å². The monoisotopic (exact) mass is 425 g/mol. The second kappa shape index (κ2) is 10.2. The van der Waals surface area contributed by atoms with Crippen LogP contribution < -0.4 is 15.8 Å². The number of fused-ring (bicyclic) bond motifs is 1. The molecule has 0 radical (unpaired) electrons. The van der Waals surface area contributed by atoms with Crippen molar-refractivity contribution in [1.82, 2.24) is 15.0 Å². The van der Waals surface area contributed by atoms with E-state index in [-0.39, 0.29) is 16.8 Å². The molecule has 1 aromatic heterocycles. The minimum Gasteiger partial charge on any atom is -0.370 e. The first kappa shape index (κ1) is 21.7. The Morgan fingerprint density at radius 3 is 2.67 bits per heavy atom. The van der Waals surface area contributed by atoms with E-state index in [1.807, 2.05) is 24.3 Å². The molecule has 0 aliphatic heterocycles. The number of guanidine groups is 1. The van der Waals surface area contributed by atoms with E-state index in [1.54, 1.807) is 30.6 Å². The molecule has 1 heterocycles. The van der Waals surface area contributed by atoms with Crippen molar-refractivity contribution in [3.8, 4) is 0 Å². The van der Waals surface area contributed by atoms with E-state index in [1.165, 1.54) is 5.56 Å². The zero-order valence-corrected chi connectivity index (χ0v) is 17.5. The number of hydrogen-bond acceptors (Lipinski definition) is 4. The Kier molecular flexibility index (Phi) is 7.37. The fourth-order valence-corrected chi connectivity index (χ4v) is 4.78. The standard InChI is InChI=1S/C22H27N5O2S/c23-22(24)26-15-18(14-17-6-2-1-3-7-17)8-5-12-27-30(28,29)21-10-4-9-19-16-25-13-11-20(19)21/h1-4,6-7,9-11,13,16,18,27H,5,8,12,14-15H2,(H4,23,24,26). The molecule has 7 nitrogen and oxygen atoms in total. The quantitative estimate of drug-likeness (QED) is 0.226. The molecule has 3 aromatic rings. The van der Waals surface area contributed by atoms with Crippen molar-refractivity contribution in [1.29, 1.82) is 5.41 Å². The van der Waals surface area contributed by atoms with Gasteiger partial charge in [0.25, 0.3) is 0 Å². The maximum Gasteiger partial charge on any atom is 0.241 e. The van der Waals surface area contributed by atoms with Crippen molar-refractivity contribution < 1.29 is 8.42 Å². The molecule has 1 unspecified atom stereocenters. The van der Waals surface area contributed by atoms with Crippen LogP contribution in [0.4, 0.5) is 0 Å². The average molecular weight is 426 g/mol. The average Bonchev–Trinajstić information content (AvgIpc) is 2.75. The summed E-state index contributed by atoms with van der Waals surface area (Å²) in [4.78, 5) is 4.32. The highest BCUT2D eigenvalue weighted by Gasteiger charge is 2.17. The normalized spacial score (nSPS) is 12.5. The second-order valence-electron chi connectivity index (χ2n) is 7.24. The van der Waals surface area contributed by atoms with Gasteiger partial charge in [-0.1, -0.05) is 42.5 Å². The number of sulfonamides is 1. The Balaban J connectivity index is 1.59. The molecule has 158 valence electrons. The first-order valence-electron chi connectivity index (χ1n) is 9.90. The molecule has 0 fully saturated rings. The number of hydrogen-bond donors (Lipinski definition) is 4. The van der Waals surface area contributed by atoms with Crippen LogP contribution in [0.1, 0.15) is 18.4 Å². The molecular formula is C22H27N5O2S. The van der Waals surface area contributed by atoms with E-state index in [2.05, 4.69) is 27.2 Å². The van der Waals surface area contributed by atoms with Crippen molar-refractivity contribution in [2.75, 3.05) is 13.1 Å². The van der Waals surface area contributed by atoms with Crippen molar-refractivity contribution in [2.24, 2.45) is 11.7 Å². The highest BCUT2D eigenvalue weighted by Crippen LogP contribution is 2.22. The van der Waals surface area contributed by atoms with Gasteiger partial charge in [-0.05, 0) is 42.9 Å². The highest BCUT2D eigenvalue weighted by atomic mass is 32.2. The van der Waals surface area contributed by atoms with Gasteiger partial charge in [-0.2, -0.15) is 0 Å². The fourth-order valence-electron chi connectivity index (χ4n) is 3.48. The third kappa shape index (κ3) is 6.01. The summed E-state index contributed by atoms with van der Waals surface area (Å²) in [5, 5.41) is 11.7. The minimum absolute atomic E-state index is 0.0563. The summed E-state index contributed by atoms with van der Waals surface area (Å²) in [6, 6.07) is 17.0. The first-order valence-corrected chi connectivity index (χ1v) is 11.4. The van der Waals surface area contributed by atoms with Crippen molar-refractivity contribution in [2.45, 2.75) is 24.2 Å². The summed E-state index contributed by atoms with van der Waals surface area (Å²) in [5.41, 5.74) is 6.64. The predicted octanol–water partition coefficient (Wildman–Crippen LogP) is 2.64.